The molecule has 34 heavy (non-hydrogen) atoms. The molecule has 8 heteroatoms. The predicted octanol–water partition coefficient (Wildman–Crippen LogP) is 4.62. The van der Waals surface area contributed by atoms with Crippen LogP contribution in [0.3, 0.4) is 0 Å². The van der Waals surface area contributed by atoms with Gasteiger partial charge in [0.25, 0.3) is 0 Å². The number of fused-ring (bicyclic) bond motifs is 3. The predicted molar refractivity (Wildman–Crippen MR) is 130 cm³/mol. The number of rotatable bonds is 5. The van der Waals surface area contributed by atoms with Crippen molar-refractivity contribution in [2.45, 2.75) is 49.5 Å². The Morgan fingerprint density at radius 2 is 1.85 bits per heavy atom. The molecule has 2 aromatic rings. The quantitative estimate of drug-likeness (QED) is 0.380. The van der Waals surface area contributed by atoms with Crippen molar-refractivity contribution in [2.75, 3.05) is 25.5 Å². The minimum atomic E-state index is -3.49. The largest absolute Gasteiger partial charge is 0.493 e. The summed E-state index contributed by atoms with van der Waals surface area (Å²) >= 11 is 0. The van der Waals surface area contributed by atoms with Crippen LogP contribution in [0.1, 0.15) is 55.7 Å². The van der Waals surface area contributed by atoms with Gasteiger partial charge in [-0.1, -0.05) is 24.6 Å². The minimum Gasteiger partial charge on any atom is -0.493 e. The molecule has 0 saturated carbocycles. The first-order chi connectivity index (χ1) is 16.4. The first kappa shape index (κ1) is 22.9. The Kier molecular flexibility index (Phi) is 6.12. The number of allylic oxidation sites excluding steroid dienone is 2. The van der Waals surface area contributed by atoms with Crippen LogP contribution in [0.5, 0.6) is 11.5 Å². The van der Waals surface area contributed by atoms with Crippen LogP contribution in [0, 0.1) is 5.92 Å². The number of carbonyl (C=O) groups is 1. The van der Waals surface area contributed by atoms with Gasteiger partial charge in [0.1, 0.15) is 0 Å². The Labute approximate surface area is 200 Å². The van der Waals surface area contributed by atoms with E-state index in [1.807, 2.05) is 24.3 Å². The second kappa shape index (κ2) is 9.07. The lowest BCUT2D eigenvalue weighted by Crippen LogP contribution is -2.36. The highest BCUT2D eigenvalue weighted by atomic mass is 32.2. The SMILES string of the molecule is COc1cc(C2Nc3ccc(S(=O)(=O)N4CCCCC4)cc3C3C=CCC32)ccc1OC(C)=O. The molecule has 5 rings (SSSR count). The monoisotopic (exact) mass is 482 g/mol. The van der Waals surface area contributed by atoms with E-state index < -0.39 is 16.0 Å². The number of esters is 1. The molecule has 7 nitrogen and oxygen atoms in total. The minimum absolute atomic E-state index is 0.0114. The Balaban J connectivity index is 1.48. The maximum absolute atomic E-state index is 13.3. The maximum Gasteiger partial charge on any atom is 0.308 e. The summed E-state index contributed by atoms with van der Waals surface area (Å²) in [6, 6.07) is 11.1. The maximum atomic E-state index is 13.3. The first-order valence-corrected chi connectivity index (χ1v) is 13.3. The van der Waals surface area contributed by atoms with Crippen molar-refractivity contribution < 1.29 is 22.7 Å². The van der Waals surface area contributed by atoms with Gasteiger partial charge in [0.2, 0.25) is 10.0 Å². The van der Waals surface area contributed by atoms with Crippen molar-refractivity contribution in [3.63, 3.8) is 0 Å². The molecule has 3 aliphatic rings. The second-order valence-electron chi connectivity index (χ2n) is 9.19. The van der Waals surface area contributed by atoms with E-state index in [4.69, 9.17) is 9.47 Å². The van der Waals surface area contributed by atoms with E-state index >= 15 is 0 Å². The van der Waals surface area contributed by atoms with Gasteiger partial charge in [0, 0.05) is 31.6 Å². The smallest absolute Gasteiger partial charge is 0.308 e. The molecule has 2 aliphatic heterocycles. The Morgan fingerprint density at radius 3 is 2.59 bits per heavy atom. The summed E-state index contributed by atoms with van der Waals surface area (Å²) < 4.78 is 38.9. The molecule has 3 unspecified atom stereocenters. The van der Waals surface area contributed by atoms with Crippen LogP contribution < -0.4 is 14.8 Å². The van der Waals surface area contributed by atoms with Crippen molar-refractivity contribution in [2.24, 2.45) is 5.92 Å². The molecule has 1 saturated heterocycles. The van der Waals surface area contributed by atoms with Crippen LogP contribution in [0.2, 0.25) is 0 Å². The molecule has 1 aliphatic carbocycles. The molecule has 0 spiro atoms. The van der Waals surface area contributed by atoms with E-state index in [1.54, 1.807) is 23.5 Å². The molecule has 2 heterocycles. The fourth-order valence-electron chi connectivity index (χ4n) is 5.43. The zero-order chi connectivity index (χ0) is 23.9. The fraction of sp³-hybridized carbons (Fsp3) is 0.423. The van der Waals surface area contributed by atoms with Gasteiger partial charge in [-0.15, -0.1) is 0 Å². The molecule has 0 aromatic heterocycles. The van der Waals surface area contributed by atoms with Crippen LogP contribution in [0.4, 0.5) is 5.69 Å². The lowest BCUT2D eigenvalue weighted by atomic mass is 9.77. The number of hydrogen-bond acceptors (Lipinski definition) is 6. The molecular formula is C26H30N2O5S. The number of hydrogen-bond donors (Lipinski definition) is 1. The van der Waals surface area contributed by atoms with Crippen molar-refractivity contribution in [3.05, 3.63) is 59.7 Å². The Hall–Kier alpha value is -2.84. The van der Waals surface area contributed by atoms with Gasteiger partial charge in [0.15, 0.2) is 11.5 Å². The lowest BCUT2D eigenvalue weighted by Gasteiger charge is -2.38. The Morgan fingerprint density at radius 1 is 1.06 bits per heavy atom. The van der Waals surface area contributed by atoms with E-state index in [1.165, 1.54) is 6.92 Å². The zero-order valence-electron chi connectivity index (χ0n) is 19.5. The third-order valence-electron chi connectivity index (χ3n) is 7.09. The molecule has 3 atom stereocenters. The highest BCUT2D eigenvalue weighted by Gasteiger charge is 2.39. The van der Waals surface area contributed by atoms with Crippen LogP contribution in [-0.4, -0.2) is 38.9 Å². The number of ether oxygens (including phenoxy) is 2. The van der Waals surface area contributed by atoms with E-state index in [-0.39, 0.29) is 17.9 Å². The van der Waals surface area contributed by atoms with Crippen LogP contribution in [-0.2, 0) is 14.8 Å². The fourth-order valence-corrected chi connectivity index (χ4v) is 6.99. The lowest BCUT2D eigenvalue weighted by molar-refractivity contribution is -0.132. The standard InChI is InChI=1S/C26H30N2O5S/c1-17(29)33-24-12-9-18(15-25(24)32-2)26-21-8-6-7-20(21)22-16-19(10-11-23(22)27-26)34(30,31)28-13-4-3-5-14-28/h6-7,9-12,15-16,20-21,26-27H,3-5,8,13-14H2,1-2H3. The van der Waals surface area contributed by atoms with Gasteiger partial charge in [-0.05, 0) is 66.6 Å². The molecule has 0 bridgehead atoms. The van der Waals surface area contributed by atoms with Gasteiger partial charge in [0.05, 0.1) is 18.0 Å². The van der Waals surface area contributed by atoms with Crippen LogP contribution in [0.25, 0.3) is 0 Å². The second-order valence-corrected chi connectivity index (χ2v) is 11.1. The Bertz CT molecular complexity index is 1230. The van der Waals surface area contributed by atoms with Gasteiger partial charge < -0.3 is 14.8 Å². The summed E-state index contributed by atoms with van der Waals surface area (Å²) in [6.07, 6.45) is 8.18. The van der Waals surface area contributed by atoms with Crippen LogP contribution >= 0.6 is 0 Å². The molecule has 1 fully saturated rings. The molecular weight excluding hydrogens is 452 g/mol. The van der Waals surface area contributed by atoms with Gasteiger partial charge >= 0.3 is 5.97 Å². The van der Waals surface area contributed by atoms with Gasteiger partial charge in [-0.2, -0.15) is 4.31 Å². The highest BCUT2D eigenvalue weighted by molar-refractivity contribution is 7.89. The first-order valence-electron chi connectivity index (χ1n) is 11.8. The normalized spacial score (nSPS) is 24.1. The summed E-state index contributed by atoms with van der Waals surface area (Å²) in [6.45, 7) is 2.55. The number of sulfonamides is 1. The number of piperidine rings is 1. The summed E-state index contributed by atoms with van der Waals surface area (Å²) in [4.78, 5) is 11.8. The van der Waals surface area contributed by atoms with E-state index in [0.29, 0.717) is 29.5 Å². The van der Waals surface area contributed by atoms with E-state index in [9.17, 15) is 13.2 Å². The molecule has 0 amide bonds. The third kappa shape index (κ3) is 4.09. The van der Waals surface area contributed by atoms with Gasteiger partial charge in [-0.25, -0.2) is 8.42 Å². The number of benzene rings is 2. The van der Waals surface area contributed by atoms with Crippen molar-refractivity contribution >= 4 is 21.7 Å². The average molecular weight is 483 g/mol. The number of nitrogens with zero attached hydrogens (tertiary/aromatic N) is 1. The molecule has 180 valence electrons. The van der Waals surface area contributed by atoms with Crippen molar-refractivity contribution in [1.82, 2.24) is 4.31 Å². The topological polar surface area (TPSA) is 84.9 Å². The number of anilines is 1. The van der Waals surface area contributed by atoms with Crippen molar-refractivity contribution in [1.29, 1.82) is 0 Å². The third-order valence-corrected chi connectivity index (χ3v) is 8.98. The van der Waals surface area contributed by atoms with Crippen LogP contribution in [0.15, 0.2) is 53.4 Å². The summed E-state index contributed by atoms with van der Waals surface area (Å²) in [5.41, 5.74) is 3.00. The zero-order valence-corrected chi connectivity index (χ0v) is 20.3. The highest BCUT2D eigenvalue weighted by Crippen LogP contribution is 2.51. The number of carbonyl (C=O) groups excluding carboxylic acids is 1. The number of methoxy groups -OCH3 is 1. The summed E-state index contributed by atoms with van der Waals surface area (Å²) in [7, 11) is -1.93. The van der Waals surface area contributed by atoms with E-state index in [2.05, 4.69) is 17.5 Å². The van der Waals surface area contributed by atoms with Crippen molar-refractivity contribution in [3.8, 4) is 11.5 Å². The summed E-state index contributed by atoms with van der Waals surface area (Å²) in [5, 5.41) is 3.64. The van der Waals surface area contributed by atoms with Gasteiger partial charge in [-0.3, -0.25) is 4.79 Å². The molecule has 2 aromatic carbocycles. The molecule has 0 radical (unpaired) electrons. The number of nitrogens with one attached hydrogen (secondary N) is 1. The summed E-state index contributed by atoms with van der Waals surface area (Å²) in [5.74, 6) is 0.863. The molecule has 1 N–H and O–H groups in total. The average Bonchev–Trinajstić information content (AvgIpc) is 3.34. The van der Waals surface area contributed by atoms with E-state index in [0.717, 1.165) is 42.5 Å².